The van der Waals surface area contributed by atoms with Gasteiger partial charge in [-0.1, -0.05) is 52.0 Å². The lowest BCUT2D eigenvalue weighted by Gasteiger charge is -2.29. The van der Waals surface area contributed by atoms with Gasteiger partial charge < -0.3 is 10.6 Å². The molecule has 102 valence electrons. The predicted octanol–water partition coefficient (Wildman–Crippen LogP) is 2.98. The molecule has 0 bridgehead atoms. The van der Waals surface area contributed by atoms with E-state index in [1.54, 1.807) is 0 Å². The summed E-state index contributed by atoms with van der Waals surface area (Å²) in [4.78, 5) is 2.21. The standard InChI is InChI=1S/C16H28N2/c1-12(15(11-17)18(5)6)13-7-9-14(10-8-13)16(2,3)4/h7-10,12,15H,11,17H2,1-6H3. The summed E-state index contributed by atoms with van der Waals surface area (Å²) in [7, 11) is 4.19. The van der Waals surface area contributed by atoms with Crippen LogP contribution in [0.25, 0.3) is 0 Å². The molecule has 0 aliphatic carbocycles. The maximum atomic E-state index is 5.87. The molecule has 1 aromatic rings. The first kappa shape index (κ1) is 15.2. The molecule has 0 saturated carbocycles. The number of nitrogens with zero attached hydrogens (tertiary/aromatic N) is 1. The van der Waals surface area contributed by atoms with Gasteiger partial charge in [-0.2, -0.15) is 0 Å². The third-order valence-electron chi connectivity index (χ3n) is 3.78. The minimum Gasteiger partial charge on any atom is -0.329 e. The van der Waals surface area contributed by atoms with Gasteiger partial charge in [0.2, 0.25) is 0 Å². The van der Waals surface area contributed by atoms with Gasteiger partial charge >= 0.3 is 0 Å². The number of hydrogen-bond acceptors (Lipinski definition) is 2. The summed E-state index contributed by atoms with van der Waals surface area (Å²) in [5.41, 5.74) is 8.84. The van der Waals surface area contributed by atoms with E-state index >= 15 is 0 Å². The molecule has 1 aromatic carbocycles. The molecule has 0 aromatic heterocycles. The average molecular weight is 248 g/mol. The molecular formula is C16H28N2. The first-order chi connectivity index (χ1) is 8.27. The summed E-state index contributed by atoms with van der Waals surface area (Å²) < 4.78 is 0. The van der Waals surface area contributed by atoms with Crippen LogP contribution in [-0.4, -0.2) is 31.6 Å². The van der Waals surface area contributed by atoms with Gasteiger partial charge in [0.15, 0.2) is 0 Å². The molecule has 0 saturated heterocycles. The Labute approximate surface area is 112 Å². The van der Waals surface area contributed by atoms with E-state index in [-0.39, 0.29) is 5.41 Å². The van der Waals surface area contributed by atoms with Crippen molar-refractivity contribution in [1.82, 2.24) is 4.90 Å². The lowest BCUT2D eigenvalue weighted by Crippen LogP contribution is -2.39. The summed E-state index contributed by atoms with van der Waals surface area (Å²) in [6, 6.07) is 9.38. The minimum atomic E-state index is 0.219. The van der Waals surface area contributed by atoms with Gasteiger partial charge in [0.25, 0.3) is 0 Å². The zero-order chi connectivity index (χ0) is 13.9. The van der Waals surface area contributed by atoms with Crippen molar-refractivity contribution in [1.29, 1.82) is 0 Å². The molecule has 2 unspecified atom stereocenters. The highest BCUT2D eigenvalue weighted by molar-refractivity contribution is 5.30. The second-order valence-electron chi connectivity index (χ2n) is 6.43. The number of hydrogen-bond donors (Lipinski definition) is 1. The Morgan fingerprint density at radius 2 is 1.61 bits per heavy atom. The summed E-state index contributed by atoms with van der Waals surface area (Å²) >= 11 is 0. The van der Waals surface area contributed by atoms with Crippen molar-refractivity contribution in [2.24, 2.45) is 5.73 Å². The van der Waals surface area contributed by atoms with Crippen LogP contribution < -0.4 is 5.73 Å². The Morgan fingerprint density at radius 1 is 1.11 bits per heavy atom. The predicted molar refractivity (Wildman–Crippen MR) is 80.1 cm³/mol. The summed E-state index contributed by atoms with van der Waals surface area (Å²) in [5.74, 6) is 0.457. The Balaban J connectivity index is 2.91. The van der Waals surface area contributed by atoms with E-state index in [0.717, 1.165) is 0 Å². The zero-order valence-corrected chi connectivity index (χ0v) is 12.7. The van der Waals surface area contributed by atoms with E-state index in [4.69, 9.17) is 5.73 Å². The Kier molecular flexibility index (Phi) is 4.94. The molecule has 0 amide bonds. The highest BCUT2D eigenvalue weighted by Crippen LogP contribution is 2.26. The van der Waals surface area contributed by atoms with Crippen molar-refractivity contribution in [2.45, 2.75) is 45.1 Å². The van der Waals surface area contributed by atoms with E-state index in [1.165, 1.54) is 11.1 Å². The summed E-state index contributed by atoms with van der Waals surface area (Å²) in [6.07, 6.45) is 0. The fraction of sp³-hybridized carbons (Fsp3) is 0.625. The number of likely N-dealkylation sites (N-methyl/N-ethyl adjacent to an activating group) is 1. The molecule has 2 N–H and O–H groups in total. The molecule has 2 nitrogen and oxygen atoms in total. The maximum absolute atomic E-state index is 5.87. The molecule has 18 heavy (non-hydrogen) atoms. The average Bonchev–Trinajstić information content (AvgIpc) is 2.28. The van der Waals surface area contributed by atoms with E-state index in [0.29, 0.717) is 18.5 Å². The quantitative estimate of drug-likeness (QED) is 0.887. The fourth-order valence-corrected chi connectivity index (χ4v) is 2.37. The van der Waals surface area contributed by atoms with Crippen LogP contribution in [0.4, 0.5) is 0 Å². The number of nitrogens with two attached hydrogens (primary N) is 1. The van der Waals surface area contributed by atoms with Gasteiger partial charge in [-0.05, 0) is 36.6 Å². The topological polar surface area (TPSA) is 29.3 Å². The van der Waals surface area contributed by atoms with Gasteiger partial charge in [-0.15, -0.1) is 0 Å². The van der Waals surface area contributed by atoms with Crippen molar-refractivity contribution in [3.8, 4) is 0 Å². The van der Waals surface area contributed by atoms with Gasteiger partial charge in [-0.3, -0.25) is 0 Å². The van der Waals surface area contributed by atoms with Crippen LogP contribution in [-0.2, 0) is 5.41 Å². The van der Waals surface area contributed by atoms with E-state index in [9.17, 15) is 0 Å². The van der Waals surface area contributed by atoms with Crippen LogP contribution in [0, 0.1) is 0 Å². The van der Waals surface area contributed by atoms with Crippen molar-refractivity contribution in [2.75, 3.05) is 20.6 Å². The van der Waals surface area contributed by atoms with Crippen molar-refractivity contribution >= 4 is 0 Å². The van der Waals surface area contributed by atoms with E-state index in [1.807, 2.05) is 0 Å². The molecule has 0 aliphatic heterocycles. The van der Waals surface area contributed by atoms with Crippen LogP contribution in [0.3, 0.4) is 0 Å². The van der Waals surface area contributed by atoms with Gasteiger partial charge in [0, 0.05) is 12.6 Å². The molecule has 2 heteroatoms. The van der Waals surface area contributed by atoms with Crippen LogP contribution in [0.5, 0.6) is 0 Å². The van der Waals surface area contributed by atoms with Crippen LogP contribution >= 0.6 is 0 Å². The Hall–Kier alpha value is -0.860. The second-order valence-corrected chi connectivity index (χ2v) is 6.43. The van der Waals surface area contributed by atoms with Crippen LogP contribution in [0.15, 0.2) is 24.3 Å². The molecule has 0 aliphatic rings. The third kappa shape index (κ3) is 3.56. The largest absolute Gasteiger partial charge is 0.329 e. The van der Waals surface area contributed by atoms with Crippen molar-refractivity contribution < 1.29 is 0 Å². The highest BCUT2D eigenvalue weighted by Gasteiger charge is 2.20. The van der Waals surface area contributed by atoms with Crippen molar-refractivity contribution in [3.05, 3.63) is 35.4 Å². The SMILES string of the molecule is CC(c1ccc(C(C)(C)C)cc1)C(CN)N(C)C. The Bertz CT molecular complexity index is 360. The molecule has 1 rings (SSSR count). The Morgan fingerprint density at radius 3 is 1.94 bits per heavy atom. The molecule has 0 spiro atoms. The van der Waals surface area contributed by atoms with Gasteiger partial charge in [-0.25, -0.2) is 0 Å². The number of benzene rings is 1. The third-order valence-corrected chi connectivity index (χ3v) is 3.78. The summed E-state index contributed by atoms with van der Waals surface area (Å²) in [6.45, 7) is 9.68. The smallest absolute Gasteiger partial charge is 0.0278 e. The van der Waals surface area contributed by atoms with E-state index < -0.39 is 0 Å². The van der Waals surface area contributed by atoms with Crippen LogP contribution in [0.2, 0.25) is 0 Å². The fourth-order valence-electron chi connectivity index (χ4n) is 2.37. The molecule has 0 radical (unpaired) electrons. The monoisotopic (exact) mass is 248 g/mol. The highest BCUT2D eigenvalue weighted by atomic mass is 15.1. The molecular weight excluding hydrogens is 220 g/mol. The van der Waals surface area contributed by atoms with Crippen molar-refractivity contribution in [3.63, 3.8) is 0 Å². The normalized spacial score (nSPS) is 15.8. The molecule has 2 atom stereocenters. The van der Waals surface area contributed by atoms with E-state index in [2.05, 4.69) is 71.0 Å². The van der Waals surface area contributed by atoms with Gasteiger partial charge in [0.05, 0.1) is 0 Å². The number of rotatable bonds is 4. The molecule has 0 fully saturated rings. The summed E-state index contributed by atoms with van der Waals surface area (Å²) in [5, 5.41) is 0. The minimum absolute atomic E-state index is 0.219. The van der Waals surface area contributed by atoms with Gasteiger partial charge in [0.1, 0.15) is 0 Å². The lowest BCUT2D eigenvalue weighted by atomic mass is 9.84. The first-order valence-corrected chi connectivity index (χ1v) is 6.74. The van der Waals surface area contributed by atoms with Crippen LogP contribution in [0.1, 0.15) is 44.7 Å². The zero-order valence-electron chi connectivity index (χ0n) is 12.7. The first-order valence-electron chi connectivity index (χ1n) is 6.74. The second kappa shape index (κ2) is 5.85. The lowest BCUT2D eigenvalue weighted by molar-refractivity contribution is 0.267. The molecule has 0 heterocycles. The maximum Gasteiger partial charge on any atom is 0.0278 e.